The van der Waals surface area contributed by atoms with Gasteiger partial charge < -0.3 is 15.2 Å². The number of phenols is 1. The van der Waals surface area contributed by atoms with E-state index < -0.39 is 0 Å². The Kier molecular flexibility index (Phi) is 10.4. The lowest BCUT2D eigenvalue weighted by Gasteiger charge is -2.32. The van der Waals surface area contributed by atoms with Crippen LogP contribution in [-0.2, 0) is 4.79 Å². The Morgan fingerprint density at radius 1 is 1.09 bits per heavy atom. The van der Waals surface area contributed by atoms with Crippen molar-refractivity contribution in [2.75, 3.05) is 26.2 Å². The van der Waals surface area contributed by atoms with Crippen LogP contribution in [0.5, 0.6) is 11.5 Å². The molecule has 6 nitrogen and oxygen atoms in total. The standard InChI is InChI=1S/C26H28ClN3O3.C2H6/c27-21-10-8-19(9-11-21)25(22-5-3-4-14-28-22)29-26(32)20-12-15-30(16-13-20)17-18-33-24-7-2-1-6-23(24)31;1-2/h1-11,14,20,25,31H,12-13,15-18H2,(H,29,32);1-2H3. The molecule has 7 heteroatoms. The normalized spacial score (nSPS) is 14.9. The number of hydrogen-bond acceptors (Lipinski definition) is 5. The first-order valence-electron chi connectivity index (χ1n) is 12.2. The average Bonchev–Trinajstić information content (AvgIpc) is 2.91. The van der Waals surface area contributed by atoms with E-state index >= 15 is 0 Å². The van der Waals surface area contributed by atoms with E-state index in [1.165, 1.54) is 0 Å². The molecule has 1 atom stereocenters. The highest BCUT2D eigenvalue weighted by Gasteiger charge is 2.27. The van der Waals surface area contributed by atoms with Gasteiger partial charge in [0, 0.05) is 23.7 Å². The van der Waals surface area contributed by atoms with Crippen LogP contribution in [0.2, 0.25) is 5.02 Å². The van der Waals surface area contributed by atoms with Crippen LogP contribution in [-0.4, -0.2) is 47.1 Å². The SMILES string of the molecule is CC.O=C(NC(c1ccc(Cl)cc1)c1ccccn1)C1CCN(CCOc2ccccc2O)CC1. The van der Waals surface area contributed by atoms with Crippen molar-refractivity contribution in [3.05, 3.63) is 89.2 Å². The second kappa shape index (κ2) is 13.7. The predicted octanol–water partition coefficient (Wildman–Crippen LogP) is 5.46. The van der Waals surface area contributed by atoms with Crippen LogP contribution < -0.4 is 10.1 Å². The van der Waals surface area contributed by atoms with Crippen LogP contribution in [0.1, 0.15) is 44.0 Å². The molecule has 1 fully saturated rings. The Morgan fingerprint density at radius 3 is 2.43 bits per heavy atom. The Balaban J connectivity index is 0.00000167. The molecule has 1 aliphatic rings. The largest absolute Gasteiger partial charge is 0.504 e. The van der Waals surface area contributed by atoms with Crippen molar-refractivity contribution in [2.24, 2.45) is 5.92 Å². The third-order valence-corrected chi connectivity index (χ3v) is 6.21. The lowest BCUT2D eigenvalue weighted by atomic mass is 9.94. The van der Waals surface area contributed by atoms with Crippen molar-refractivity contribution >= 4 is 17.5 Å². The van der Waals surface area contributed by atoms with E-state index in [1.54, 1.807) is 24.4 Å². The molecule has 2 heterocycles. The summed E-state index contributed by atoms with van der Waals surface area (Å²) >= 11 is 6.05. The second-order valence-corrected chi connectivity index (χ2v) is 8.62. The van der Waals surface area contributed by atoms with Crippen molar-refractivity contribution < 1.29 is 14.6 Å². The zero-order valence-corrected chi connectivity index (χ0v) is 21.1. The molecule has 2 aromatic carbocycles. The monoisotopic (exact) mass is 495 g/mol. The number of carbonyl (C=O) groups is 1. The molecule has 3 aromatic rings. The Labute approximate surface area is 212 Å². The minimum absolute atomic E-state index is 0.0427. The van der Waals surface area contributed by atoms with Crippen molar-refractivity contribution in [2.45, 2.75) is 32.7 Å². The number of rotatable bonds is 8. The first-order valence-corrected chi connectivity index (χ1v) is 12.6. The van der Waals surface area contributed by atoms with Crippen LogP contribution >= 0.6 is 11.6 Å². The highest BCUT2D eigenvalue weighted by atomic mass is 35.5. The quantitative estimate of drug-likeness (QED) is 0.434. The average molecular weight is 496 g/mol. The fourth-order valence-corrected chi connectivity index (χ4v) is 4.20. The van der Waals surface area contributed by atoms with Crippen LogP contribution in [0.15, 0.2) is 72.9 Å². The molecule has 2 N–H and O–H groups in total. The lowest BCUT2D eigenvalue weighted by Crippen LogP contribution is -2.42. The summed E-state index contributed by atoms with van der Waals surface area (Å²) in [5, 5.41) is 13.7. The van der Waals surface area contributed by atoms with Gasteiger partial charge >= 0.3 is 0 Å². The fraction of sp³-hybridized carbons (Fsp3) is 0.357. The first-order chi connectivity index (χ1) is 17.1. The second-order valence-electron chi connectivity index (χ2n) is 8.18. The summed E-state index contributed by atoms with van der Waals surface area (Å²) in [6.45, 7) is 6.91. The summed E-state index contributed by atoms with van der Waals surface area (Å²) < 4.78 is 5.69. The molecule has 186 valence electrons. The van der Waals surface area contributed by atoms with Gasteiger partial charge in [-0.05, 0) is 67.9 Å². The zero-order chi connectivity index (χ0) is 25.0. The maximum atomic E-state index is 13.1. The summed E-state index contributed by atoms with van der Waals surface area (Å²) in [5.41, 5.74) is 1.75. The van der Waals surface area contributed by atoms with Gasteiger partial charge in [0.2, 0.25) is 5.91 Å². The van der Waals surface area contributed by atoms with Crippen molar-refractivity contribution in [3.8, 4) is 11.5 Å². The Hall–Kier alpha value is -3.09. The topological polar surface area (TPSA) is 74.7 Å². The fourth-order valence-electron chi connectivity index (χ4n) is 4.07. The lowest BCUT2D eigenvalue weighted by molar-refractivity contribution is -0.127. The van der Waals surface area contributed by atoms with Gasteiger partial charge in [0.1, 0.15) is 6.61 Å². The number of ether oxygens (including phenoxy) is 1. The molecular weight excluding hydrogens is 462 g/mol. The number of aromatic nitrogens is 1. The van der Waals surface area contributed by atoms with Crippen LogP contribution in [0.25, 0.3) is 0 Å². The van der Waals surface area contributed by atoms with Gasteiger partial charge in [0.25, 0.3) is 0 Å². The van der Waals surface area contributed by atoms with Gasteiger partial charge in [-0.15, -0.1) is 0 Å². The summed E-state index contributed by atoms with van der Waals surface area (Å²) in [5.74, 6) is 0.648. The van der Waals surface area contributed by atoms with E-state index in [-0.39, 0.29) is 23.6 Å². The smallest absolute Gasteiger partial charge is 0.224 e. The van der Waals surface area contributed by atoms with Gasteiger partial charge in [-0.25, -0.2) is 0 Å². The summed E-state index contributed by atoms with van der Waals surface area (Å²) in [6, 6.07) is 19.9. The van der Waals surface area contributed by atoms with Crippen LogP contribution in [0, 0.1) is 5.92 Å². The Morgan fingerprint density at radius 2 is 1.77 bits per heavy atom. The molecule has 4 rings (SSSR count). The highest BCUT2D eigenvalue weighted by Crippen LogP contribution is 2.26. The third-order valence-electron chi connectivity index (χ3n) is 5.96. The minimum Gasteiger partial charge on any atom is -0.504 e. The molecule has 1 unspecified atom stereocenters. The molecule has 0 bridgehead atoms. The maximum Gasteiger partial charge on any atom is 0.224 e. The number of aromatic hydroxyl groups is 1. The van der Waals surface area contributed by atoms with Gasteiger partial charge in [-0.1, -0.05) is 55.8 Å². The van der Waals surface area contributed by atoms with Gasteiger partial charge in [0.05, 0.1) is 11.7 Å². The number of likely N-dealkylation sites (tertiary alicyclic amines) is 1. The molecule has 0 saturated carbocycles. The van der Waals surface area contributed by atoms with Crippen molar-refractivity contribution in [1.29, 1.82) is 0 Å². The number of benzene rings is 2. The molecule has 1 aliphatic heterocycles. The number of phenolic OH excluding ortho intramolecular Hbond substituents is 1. The number of hydrogen-bond donors (Lipinski definition) is 2. The van der Waals surface area contributed by atoms with E-state index in [0.717, 1.165) is 43.7 Å². The summed E-state index contributed by atoms with van der Waals surface area (Å²) in [7, 11) is 0. The molecule has 35 heavy (non-hydrogen) atoms. The van der Waals surface area contributed by atoms with E-state index in [4.69, 9.17) is 16.3 Å². The number of halogens is 1. The first kappa shape index (κ1) is 26.5. The molecule has 0 aliphatic carbocycles. The van der Waals surface area contributed by atoms with Crippen LogP contribution in [0.3, 0.4) is 0 Å². The number of nitrogens with one attached hydrogen (secondary N) is 1. The van der Waals surface area contributed by atoms with Gasteiger partial charge in [-0.3, -0.25) is 14.7 Å². The van der Waals surface area contributed by atoms with Crippen LogP contribution in [0.4, 0.5) is 0 Å². The van der Waals surface area contributed by atoms with Crippen molar-refractivity contribution in [1.82, 2.24) is 15.2 Å². The van der Waals surface area contributed by atoms with E-state index in [2.05, 4.69) is 15.2 Å². The van der Waals surface area contributed by atoms with E-state index in [0.29, 0.717) is 17.4 Å². The number of nitrogens with zero attached hydrogens (tertiary/aromatic N) is 2. The van der Waals surface area contributed by atoms with E-state index in [1.807, 2.05) is 62.4 Å². The van der Waals surface area contributed by atoms with Gasteiger partial charge in [0.15, 0.2) is 11.5 Å². The number of amides is 1. The predicted molar refractivity (Wildman–Crippen MR) is 140 cm³/mol. The summed E-state index contributed by atoms with van der Waals surface area (Å²) in [4.78, 5) is 19.9. The minimum atomic E-state index is -0.319. The molecule has 1 amide bonds. The van der Waals surface area contributed by atoms with Crippen molar-refractivity contribution in [3.63, 3.8) is 0 Å². The molecular formula is C28H34ClN3O3. The summed E-state index contributed by atoms with van der Waals surface area (Å²) in [6.07, 6.45) is 3.32. The number of pyridine rings is 1. The molecule has 0 radical (unpaired) electrons. The molecule has 1 saturated heterocycles. The third kappa shape index (κ3) is 7.70. The number of para-hydroxylation sites is 2. The number of carbonyl (C=O) groups excluding carboxylic acids is 1. The maximum absolute atomic E-state index is 13.1. The molecule has 0 spiro atoms. The number of piperidine rings is 1. The highest BCUT2D eigenvalue weighted by molar-refractivity contribution is 6.30. The molecule has 1 aromatic heterocycles. The van der Waals surface area contributed by atoms with E-state index in [9.17, 15) is 9.90 Å². The Bertz CT molecular complexity index is 1040. The van der Waals surface area contributed by atoms with Gasteiger partial charge in [-0.2, -0.15) is 0 Å². The zero-order valence-electron chi connectivity index (χ0n) is 20.4.